The van der Waals surface area contributed by atoms with Crippen LogP contribution in [0.1, 0.15) is 329 Å². The van der Waals surface area contributed by atoms with Gasteiger partial charge in [0, 0.05) is 0 Å². The summed E-state index contributed by atoms with van der Waals surface area (Å²) in [5.74, 6) is 0. The van der Waals surface area contributed by atoms with E-state index in [1.54, 1.807) is 51.8 Å². The van der Waals surface area contributed by atoms with E-state index in [1.165, 1.54) is 270 Å². The molecule has 0 aliphatic carbocycles. The molecule has 0 aliphatic rings. The topological polar surface area (TPSA) is 54.4 Å². The number of unbranched alkanes of at least 4 members (excludes halogenated alkanes) is 45. The summed E-state index contributed by atoms with van der Waals surface area (Å²) in [6.45, 7) is 6.97. The van der Waals surface area contributed by atoms with Gasteiger partial charge in [0.1, 0.15) is 0 Å². The van der Waals surface area contributed by atoms with E-state index in [1.807, 2.05) is 0 Å². The van der Waals surface area contributed by atoms with Crippen LogP contribution in [-0.4, -0.2) is 38.2 Å². The number of hydrogen-bond donors (Lipinski definition) is 1. The predicted octanol–water partition coefficient (Wildman–Crippen LogP) is 21.7. The zero-order valence-corrected chi connectivity index (χ0v) is 46.5. The normalized spacial score (nSPS) is 12.1. The molecule has 63 heavy (non-hydrogen) atoms. The zero-order chi connectivity index (χ0) is 46.6. The Kier molecular flexibility index (Phi) is 55.6. The van der Waals surface area contributed by atoms with E-state index in [-0.39, 0.29) is 0 Å². The molecule has 0 atom stereocenters. The van der Waals surface area contributed by atoms with Gasteiger partial charge in [-0.25, -0.2) is 0 Å². The summed E-state index contributed by atoms with van der Waals surface area (Å²) >= 11 is -1.16. The monoisotopic (exact) mass is 1030 g/mol. The summed E-state index contributed by atoms with van der Waals surface area (Å²) in [4.78, 5) is 0. The number of alkyl halides is 3. The smallest absolute Gasteiger partial charge is 0.279 e. The second-order valence-electron chi connectivity index (χ2n) is 19.8. The molecule has 8 heteroatoms. The van der Waals surface area contributed by atoms with Gasteiger partial charge in [0.05, 0.1) is 0 Å². The predicted molar refractivity (Wildman–Crippen MR) is 276 cm³/mol. The van der Waals surface area contributed by atoms with Crippen molar-refractivity contribution in [1.82, 2.24) is 0 Å². The average Bonchev–Trinajstić information content (AvgIpc) is 3.25. The fraction of sp³-hybridized carbons (Fsp3) is 1.00. The summed E-state index contributed by atoms with van der Waals surface area (Å²) in [6.07, 6.45) is 72.0. The first-order valence-corrected chi connectivity index (χ1v) is 36.0. The van der Waals surface area contributed by atoms with Crippen LogP contribution in [0.5, 0.6) is 0 Å². The molecule has 381 valence electrons. The minimum atomic E-state index is -5.84. The first-order valence-electron chi connectivity index (χ1n) is 28.5. The van der Waals surface area contributed by atoms with Crippen LogP contribution in [0.25, 0.3) is 0 Å². The maximum atomic E-state index is 10.7. The molecule has 0 aliphatic heterocycles. The van der Waals surface area contributed by atoms with E-state index in [0.29, 0.717) is 0 Å². The third kappa shape index (κ3) is 56.7. The standard InChI is InChI=1S/3C18H37.CHF3O3S.Sn/c3*1-3-5-7-9-11-13-15-17-18-16-14-12-10-8-6-4-2;2-1(3,4)8(5,6)7;/h3*1,3-18H2,2H3;(H,5,6,7);. The van der Waals surface area contributed by atoms with E-state index in [2.05, 4.69) is 20.8 Å². The SMILES string of the molecule is CCCCCCCCCCCCCCCCC[CH2][Sn]([CH2]CCCCCCCCCCCCCCCCC)[CH2]CCCCCCCCCCCCCCCCC.O=S(=O)(O)C(F)(F)F. The van der Waals surface area contributed by atoms with E-state index in [9.17, 15) is 13.2 Å². The molecule has 1 N–H and O–H groups in total. The van der Waals surface area contributed by atoms with Gasteiger partial charge in [-0.2, -0.15) is 21.6 Å². The second-order valence-corrected chi connectivity index (χ2v) is 29.8. The van der Waals surface area contributed by atoms with Crippen molar-refractivity contribution in [1.29, 1.82) is 0 Å². The number of rotatable bonds is 51. The molecular formula is C55H112F3O3SSn. The maximum absolute atomic E-state index is 10.7. The molecule has 0 unspecified atom stereocenters. The van der Waals surface area contributed by atoms with Crippen molar-refractivity contribution in [3.8, 4) is 0 Å². The van der Waals surface area contributed by atoms with Gasteiger partial charge in [0.2, 0.25) is 0 Å². The summed E-state index contributed by atoms with van der Waals surface area (Å²) in [7, 11) is -5.84. The van der Waals surface area contributed by atoms with Gasteiger partial charge in [-0.1, -0.05) is 117 Å². The summed E-state index contributed by atoms with van der Waals surface area (Å²) in [5, 5.41) is 0. The Morgan fingerprint density at radius 3 is 0.508 bits per heavy atom. The molecule has 0 heterocycles. The van der Waals surface area contributed by atoms with Crippen LogP contribution < -0.4 is 0 Å². The number of halogens is 3. The molecule has 0 aromatic carbocycles. The molecule has 0 fully saturated rings. The molecule has 0 aromatic heterocycles. The van der Waals surface area contributed by atoms with Gasteiger partial charge in [0.25, 0.3) is 0 Å². The van der Waals surface area contributed by atoms with Crippen LogP contribution in [0.2, 0.25) is 13.3 Å². The Balaban J connectivity index is 0. The molecule has 0 bridgehead atoms. The first-order chi connectivity index (χ1) is 30.6. The molecule has 0 aromatic rings. The van der Waals surface area contributed by atoms with E-state index in [0.717, 1.165) is 0 Å². The third-order valence-electron chi connectivity index (χ3n) is 13.4. The molecule has 0 spiro atoms. The third-order valence-corrected chi connectivity index (χ3v) is 23.1. The Hall–Kier alpha value is 0.499. The van der Waals surface area contributed by atoms with Crippen LogP contribution in [0.4, 0.5) is 13.2 Å². The van der Waals surface area contributed by atoms with Crippen LogP contribution >= 0.6 is 0 Å². The average molecular weight is 1030 g/mol. The van der Waals surface area contributed by atoms with Crippen molar-refractivity contribution in [3.05, 3.63) is 0 Å². The molecule has 0 saturated heterocycles. The summed E-state index contributed by atoms with van der Waals surface area (Å²) in [6, 6.07) is 0. The van der Waals surface area contributed by atoms with Crippen LogP contribution in [-0.2, 0) is 10.1 Å². The van der Waals surface area contributed by atoms with E-state index >= 15 is 0 Å². The van der Waals surface area contributed by atoms with Gasteiger partial charge in [-0.15, -0.1) is 0 Å². The Morgan fingerprint density at radius 2 is 0.397 bits per heavy atom. The first kappa shape index (κ1) is 65.6. The molecular weight excluding hydrogens is 916 g/mol. The molecule has 0 rings (SSSR count). The van der Waals surface area contributed by atoms with Crippen molar-refractivity contribution in [2.75, 3.05) is 0 Å². The zero-order valence-electron chi connectivity index (χ0n) is 42.9. The van der Waals surface area contributed by atoms with Gasteiger partial charge in [-0.3, -0.25) is 4.55 Å². The van der Waals surface area contributed by atoms with Crippen molar-refractivity contribution in [3.63, 3.8) is 0 Å². The van der Waals surface area contributed by atoms with E-state index < -0.39 is 35.4 Å². The van der Waals surface area contributed by atoms with Gasteiger partial charge in [-0.05, 0) is 0 Å². The Morgan fingerprint density at radius 1 is 0.286 bits per heavy atom. The van der Waals surface area contributed by atoms with Crippen molar-refractivity contribution < 1.29 is 26.1 Å². The summed E-state index contributed by atoms with van der Waals surface area (Å²) < 4.78 is 62.7. The quantitative estimate of drug-likeness (QED) is 0.0286. The second kappa shape index (κ2) is 53.5. The van der Waals surface area contributed by atoms with Gasteiger partial charge < -0.3 is 0 Å². The number of hydrogen-bond acceptors (Lipinski definition) is 2. The van der Waals surface area contributed by atoms with Gasteiger partial charge in [0.15, 0.2) is 0 Å². The van der Waals surface area contributed by atoms with E-state index in [4.69, 9.17) is 13.0 Å². The van der Waals surface area contributed by atoms with Crippen LogP contribution in [0, 0.1) is 0 Å². The van der Waals surface area contributed by atoms with Crippen molar-refractivity contribution >= 4 is 29.9 Å². The molecule has 1 radical (unpaired) electrons. The molecule has 0 amide bonds. The van der Waals surface area contributed by atoms with Gasteiger partial charge >= 0.3 is 261 Å². The molecule has 0 saturated carbocycles. The fourth-order valence-corrected chi connectivity index (χ4v) is 17.7. The Bertz CT molecular complexity index is 862. The Labute approximate surface area is 401 Å². The van der Waals surface area contributed by atoms with Crippen LogP contribution in [0.3, 0.4) is 0 Å². The van der Waals surface area contributed by atoms with Crippen molar-refractivity contribution in [2.45, 2.75) is 348 Å². The fourth-order valence-electron chi connectivity index (χ4n) is 9.14. The summed E-state index contributed by atoms with van der Waals surface area (Å²) in [5.41, 5.74) is -5.53. The molecule has 3 nitrogen and oxygen atoms in total. The van der Waals surface area contributed by atoms with Crippen molar-refractivity contribution in [2.24, 2.45) is 0 Å². The minimum Gasteiger partial charge on any atom is -0.279 e. The van der Waals surface area contributed by atoms with Crippen LogP contribution in [0.15, 0.2) is 0 Å². The minimum absolute atomic E-state index is 1.16.